The van der Waals surface area contributed by atoms with Crippen LogP contribution in [0.3, 0.4) is 0 Å². The number of carbonyl (C=O) groups is 1. The molecule has 0 aliphatic heterocycles. The van der Waals surface area contributed by atoms with E-state index in [0.717, 1.165) is 12.3 Å². The number of carbonyl (C=O) groups excluding carboxylic acids is 1. The largest absolute Gasteiger partial charge is 0.295 e. The molecule has 50 valence electrons. The van der Waals surface area contributed by atoms with Gasteiger partial charge < -0.3 is 0 Å². The zero-order valence-corrected chi connectivity index (χ0v) is 5.76. The molecule has 1 nitrogen and oxygen atoms in total. The van der Waals surface area contributed by atoms with E-state index in [2.05, 4.69) is 0 Å². The molecule has 9 heavy (non-hydrogen) atoms. The average molecular weight is 124 g/mol. The Balaban J connectivity index is 2.08. The van der Waals surface area contributed by atoms with Gasteiger partial charge in [-0.1, -0.05) is 6.08 Å². The fourth-order valence-corrected chi connectivity index (χ4v) is 0.780. The van der Waals surface area contributed by atoms with Gasteiger partial charge in [-0.05, 0) is 38.2 Å². The smallest absolute Gasteiger partial charge is 0.152 e. The Hall–Kier alpha value is -0.590. The van der Waals surface area contributed by atoms with Crippen LogP contribution in [-0.2, 0) is 4.79 Å². The number of hydrogen-bond acceptors (Lipinski definition) is 1. The van der Waals surface area contributed by atoms with Gasteiger partial charge in [0.2, 0.25) is 0 Å². The van der Waals surface area contributed by atoms with Gasteiger partial charge in [-0.15, -0.1) is 0 Å². The molecule has 0 aromatic rings. The van der Waals surface area contributed by atoms with Gasteiger partial charge in [0, 0.05) is 0 Å². The second kappa shape index (κ2) is 2.81. The average Bonchev–Trinajstić information content (AvgIpc) is 2.48. The van der Waals surface area contributed by atoms with E-state index in [4.69, 9.17) is 0 Å². The van der Waals surface area contributed by atoms with E-state index in [9.17, 15) is 4.79 Å². The van der Waals surface area contributed by atoms with Crippen molar-refractivity contribution in [3.8, 4) is 0 Å². The molecule has 0 saturated heterocycles. The van der Waals surface area contributed by atoms with E-state index in [1.165, 1.54) is 12.8 Å². The summed E-state index contributed by atoms with van der Waals surface area (Å²) in [6.07, 6.45) is 7.49. The summed E-state index contributed by atoms with van der Waals surface area (Å²) in [5.74, 6) is 1.07. The number of ketones is 1. The molecule has 1 aliphatic rings. The summed E-state index contributed by atoms with van der Waals surface area (Å²) in [4.78, 5) is 10.4. The van der Waals surface area contributed by atoms with E-state index in [1.54, 1.807) is 13.0 Å². The van der Waals surface area contributed by atoms with Crippen LogP contribution in [0.5, 0.6) is 0 Å². The minimum atomic E-state index is 0.163. The summed E-state index contributed by atoms with van der Waals surface area (Å²) in [5, 5.41) is 0. The molecule has 0 aromatic carbocycles. The van der Waals surface area contributed by atoms with Gasteiger partial charge in [-0.2, -0.15) is 0 Å². The zero-order chi connectivity index (χ0) is 6.69. The minimum Gasteiger partial charge on any atom is -0.295 e. The van der Waals surface area contributed by atoms with E-state index in [-0.39, 0.29) is 5.78 Å². The molecule has 0 heterocycles. The van der Waals surface area contributed by atoms with E-state index >= 15 is 0 Å². The third kappa shape index (κ3) is 3.07. The Morgan fingerprint density at radius 2 is 2.33 bits per heavy atom. The van der Waals surface area contributed by atoms with Crippen LogP contribution in [0.4, 0.5) is 0 Å². The fraction of sp³-hybridized carbons (Fsp3) is 0.625. The lowest BCUT2D eigenvalue weighted by Gasteiger charge is -1.82. The second-order valence-electron chi connectivity index (χ2n) is 2.69. The maximum absolute atomic E-state index is 10.4. The Morgan fingerprint density at radius 1 is 1.67 bits per heavy atom. The lowest BCUT2D eigenvalue weighted by molar-refractivity contribution is -0.112. The van der Waals surface area contributed by atoms with Crippen molar-refractivity contribution in [2.75, 3.05) is 0 Å². The summed E-state index contributed by atoms with van der Waals surface area (Å²) < 4.78 is 0. The first-order valence-corrected chi connectivity index (χ1v) is 3.46. The van der Waals surface area contributed by atoms with Crippen molar-refractivity contribution in [1.82, 2.24) is 0 Å². The Labute approximate surface area is 55.8 Å². The topological polar surface area (TPSA) is 17.1 Å². The Kier molecular flexibility index (Phi) is 2.04. The monoisotopic (exact) mass is 124 g/mol. The molecule has 0 radical (unpaired) electrons. The predicted octanol–water partition coefficient (Wildman–Crippen LogP) is 1.93. The van der Waals surface area contributed by atoms with Crippen molar-refractivity contribution in [3.05, 3.63) is 12.2 Å². The van der Waals surface area contributed by atoms with E-state index < -0.39 is 0 Å². The van der Waals surface area contributed by atoms with Crippen LogP contribution in [0.15, 0.2) is 12.2 Å². The molecule has 0 aromatic heterocycles. The third-order valence-corrected chi connectivity index (χ3v) is 1.52. The van der Waals surface area contributed by atoms with Gasteiger partial charge in [0.15, 0.2) is 5.78 Å². The second-order valence-corrected chi connectivity index (χ2v) is 2.69. The highest BCUT2D eigenvalue weighted by Crippen LogP contribution is 2.32. The van der Waals surface area contributed by atoms with Crippen LogP contribution >= 0.6 is 0 Å². The molecular weight excluding hydrogens is 112 g/mol. The highest BCUT2D eigenvalue weighted by molar-refractivity contribution is 5.87. The summed E-state index contributed by atoms with van der Waals surface area (Å²) in [6, 6.07) is 0. The van der Waals surface area contributed by atoms with Crippen molar-refractivity contribution in [3.63, 3.8) is 0 Å². The minimum absolute atomic E-state index is 0.163. The maximum Gasteiger partial charge on any atom is 0.152 e. The van der Waals surface area contributed by atoms with Crippen LogP contribution in [0.2, 0.25) is 0 Å². The highest BCUT2D eigenvalue weighted by Gasteiger charge is 2.18. The normalized spacial score (nSPS) is 18.8. The van der Waals surface area contributed by atoms with Gasteiger partial charge in [0.25, 0.3) is 0 Å². The molecule has 0 bridgehead atoms. The Bertz CT molecular complexity index is 132. The lowest BCUT2D eigenvalue weighted by atomic mass is 10.2. The third-order valence-electron chi connectivity index (χ3n) is 1.52. The van der Waals surface area contributed by atoms with Crippen LogP contribution in [0.1, 0.15) is 26.2 Å². The first kappa shape index (κ1) is 6.53. The summed E-state index contributed by atoms with van der Waals surface area (Å²) in [7, 11) is 0. The van der Waals surface area contributed by atoms with Crippen molar-refractivity contribution >= 4 is 5.78 Å². The van der Waals surface area contributed by atoms with Gasteiger partial charge in [0.1, 0.15) is 0 Å². The molecule has 1 saturated carbocycles. The molecule has 0 amide bonds. The number of rotatable bonds is 3. The number of allylic oxidation sites excluding steroid dienone is 2. The van der Waals surface area contributed by atoms with E-state index in [0.29, 0.717) is 0 Å². The van der Waals surface area contributed by atoms with Gasteiger partial charge in [0.05, 0.1) is 0 Å². The maximum atomic E-state index is 10.4. The summed E-state index contributed by atoms with van der Waals surface area (Å²) >= 11 is 0. The predicted molar refractivity (Wildman–Crippen MR) is 37.2 cm³/mol. The number of hydrogen-bond donors (Lipinski definition) is 0. The van der Waals surface area contributed by atoms with Crippen molar-refractivity contribution < 1.29 is 4.79 Å². The fourth-order valence-electron chi connectivity index (χ4n) is 0.780. The van der Waals surface area contributed by atoms with Crippen LogP contribution in [0.25, 0.3) is 0 Å². The van der Waals surface area contributed by atoms with Crippen LogP contribution in [-0.4, -0.2) is 5.78 Å². The molecule has 0 N–H and O–H groups in total. The van der Waals surface area contributed by atoms with Crippen molar-refractivity contribution in [1.29, 1.82) is 0 Å². The summed E-state index contributed by atoms with van der Waals surface area (Å²) in [5.41, 5.74) is 0. The first-order valence-electron chi connectivity index (χ1n) is 3.46. The van der Waals surface area contributed by atoms with Gasteiger partial charge in [-0.25, -0.2) is 0 Å². The standard InChI is InChI=1S/C8H12O/c1-7(9)3-2-4-8-5-6-8/h2-3,8H,4-6H2,1H3/b3-2+. The van der Waals surface area contributed by atoms with Gasteiger partial charge >= 0.3 is 0 Å². The highest BCUT2D eigenvalue weighted by atomic mass is 16.1. The molecule has 0 atom stereocenters. The lowest BCUT2D eigenvalue weighted by Crippen LogP contribution is -1.79. The molecule has 1 aliphatic carbocycles. The van der Waals surface area contributed by atoms with Crippen LogP contribution < -0.4 is 0 Å². The summed E-state index contributed by atoms with van der Waals surface area (Å²) in [6.45, 7) is 1.59. The molecule has 1 rings (SSSR count). The first-order chi connectivity index (χ1) is 4.29. The van der Waals surface area contributed by atoms with Crippen molar-refractivity contribution in [2.24, 2.45) is 5.92 Å². The zero-order valence-electron chi connectivity index (χ0n) is 5.76. The molecular formula is C8H12O. The van der Waals surface area contributed by atoms with Crippen molar-refractivity contribution in [2.45, 2.75) is 26.2 Å². The van der Waals surface area contributed by atoms with Crippen LogP contribution in [0, 0.1) is 5.92 Å². The molecule has 0 unspecified atom stereocenters. The Morgan fingerprint density at radius 3 is 2.78 bits per heavy atom. The van der Waals surface area contributed by atoms with Gasteiger partial charge in [-0.3, -0.25) is 4.79 Å². The van der Waals surface area contributed by atoms with E-state index in [1.807, 2.05) is 6.08 Å². The molecule has 1 heteroatoms. The quantitative estimate of drug-likeness (QED) is 0.525. The molecule has 1 fully saturated rings. The SMILES string of the molecule is CC(=O)/C=C/CC1CC1. The molecule has 0 spiro atoms.